The van der Waals surface area contributed by atoms with E-state index in [1.165, 1.54) is 4.88 Å². The topological polar surface area (TPSA) is 86.9 Å². The smallest absolute Gasteiger partial charge is 0.282 e. The van der Waals surface area contributed by atoms with Crippen molar-refractivity contribution in [2.75, 3.05) is 11.6 Å². The summed E-state index contributed by atoms with van der Waals surface area (Å²) in [6.07, 6.45) is 3.11. The first-order chi connectivity index (χ1) is 7.18. The van der Waals surface area contributed by atoms with Crippen LogP contribution in [0, 0.1) is 0 Å². The molecule has 2 aromatic rings. The van der Waals surface area contributed by atoms with Gasteiger partial charge in [0, 0.05) is 4.88 Å². The molecule has 0 saturated heterocycles. The van der Waals surface area contributed by atoms with Gasteiger partial charge in [0.05, 0.1) is 5.39 Å². The van der Waals surface area contributed by atoms with Crippen molar-refractivity contribution >= 4 is 27.5 Å². The number of nitrogens with two attached hydrogens (primary N) is 2. The third-order valence-electron chi connectivity index (χ3n) is 2.80. The molecule has 0 unspecified atom stereocenters. The average molecular weight is 222 g/mol. The largest absolute Gasteiger partial charge is 0.368 e. The molecule has 0 spiro atoms. The van der Waals surface area contributed by atoms with Crippen LogP contribution in [0.2, 0.25) is 0 Å². The highest BCUT2D eigenvalue weighted by atomic mass is 32.1. The van der Waals surface area contributed by atoms with Crippen molar-refractivity contribution in [1.29, 1.82) is 0 Å². The quantitative estimate of drug-likeness (QED) is 0.625. The molecule has 0 fully saturated rings. The van der Waals surface area contributed by atoms with E-state index in [9.17, 15) is 4.79 Å². The minimum Gasteiger partial charge on any atom is -0.368 e. The molecule has 2 aromatic heterocycles. The van der Waals surface area contributed by atoms with E-state index in [1.807, 2.05) is 0 Å². The van der Waals surface area contributed by atoms with E-state index in [-0.39, 0.29) is 11.5 Å². The summed E-state index contributed by atoms with van der Waals surface area (Å²) >= 11 is 1.56. The normalized spacial score (nSPS) is 14.7. The highest BCUT2D eigenvalue weighted by Crippen LogP contribution is 2.34. The van der Waals surface area contributed by atoms with E-state index in [4.69, 9.17) is 11.6 Å². The molecule has 5 nitrogen and oxygen atoms in total. The summed E-state index contributed by atoms with van der Waals surface area (Å²) in [7, 11) is 0. The summed E-state index contributed by atoms with van der Waals surface area (Å²) in [6, 6.07) is 0. The first-order valence-electron chi connectivity index (χ1n) is 4.76. The fourth-order valence-electron chi connectivity index (χ4n) is 2.07. The molecule has 0 saturated carbocycles. The van der Waals surface area contributed by atoms with Gasteiger partial charge < -0.3 is 11.6 Å². The molecule has 15 heavy (non-hydrogen) atoms. The van der Waals surface area contributed by atoms with Crippen LogP contribution in [-0.2, 0) is 12.8 Å². The highest BCUT2D eigenvalue weighted by Gasteiger charge is 2.21. The van der Waals surface area contributed by atoms with Crippen LogP contribution < -0.4 is 17.1 Å². The van der Waals surface area contributed by atoms with Crippen molar-refractivity contribution < 1.29 is 0 Å². The number of rotatable bonds is 0. The molecule has 3 rings (SSSR count). The third-order valence-corrected chi connectivity index (χ3v) is 3.98. The molecule has 1 aliphatic rings. The zero-order valence-corrected chi connectivity index (χ0v) is 8.80. The second-order valence-electron chi connectivity index (χ2n) is 3.68. The maximum Gasteiger partial charge on any atom is 0.282 e. The minimum atomic E-state index is -0.225. The van der Waals surface area contributed by atoms with Gasteiger partial charge in [0.2, 0.25) is 5.95 Å². The van der Waals surface area contributed by atoms with E-state index in [0.29, 0.717) is 5.39 Å². The first-order valence-corrected chi connectivity index (χ1v) is 5.58. The standard InChI is InChI=1S/C9H10N4OS/c10-9-12-7-6(8(14)13(9)11)4-2-1-3-5(4)15-7/h1-3,11H2,(H2,10,12). The molecule has 78 valence electrons. The lowest BCUT2D eigenvalue weighted by Gasteiger charge is -2.01. The highest BCUT2D eigenvalue weighted by molar-refractivity contribution is 7.18. The van der Waals surface area contributed by atoms with E-state index in [1.54, 1.807) is 11.3 Å². The summed E-state index contributed by atoms with van der Waals surface area (Å²) in [6.45, 7) is 0. The van der Waals surface area contributed by atoms with E-state index < -0.39 is 0 Å². The monoisotopic (exact) mass is 222 g/mol. The Morgan fingerprint density at radius 1 is 1.40 bits per heavy atom. The van der Waals surface area contributed by atoms with E-state index in [2.05, 4.69) is 4.98 Å². The van der Waals surface area contributed by atoms with Gasteiger partial charge in [-0.3, -0.25) is 4.79 Å². The Morgan fingerprint density at radius 3 is 3.00 bits per heavy atom. The molecular formula is C9H10N4OS. The number of hydrogen-bond acceptors (Lipinski definition) is 5. The number of nitrogen functional groups attached to an aromatic ring is 2. The number of fused-ring (bicyclic) bond motifs is 3. The summed E-state index contributed by atoms with van der Waals surface area (Å²) in [5, 5.41) is 0.671. The Morgan fingerprint density at radius 2 is 2.20 bits per heavy atom. The molecule has 2 heterocycles. The Labute approximate surface area is 89.3 Å². The fraction of sp³-hybridized carbons (Fsp3) is 0.333. The van der Waals surface area contributed by atoms with E-state index in [0.717, 1.165) is 34.3 Å². The van der Waals surface area contributed by atoms with Crippen molar-refractivity contribution in [2.24, 2.45) is 0 Å². The van der Waals surface area contributed by atoms with Crippen LogP contribution in [0.1, 0.15) is 16.9 Å². The predicted octanol–water partition coefficient (Wildman–Crippen LogP) is 0.243. The first kappa shape index (κ1) is 8.72. The third kappa shape index (κ3) is 1.02. The van der Waals surface area contributed by atoms with Crippen molar-refractivity contribution in [3.63, 3.8) is 0 Å². The lowest BCUT2D eigenvalue weighted by molar-refractivity contribution is 0.909. The van der Waals surface area contributed by atoms with Crippen LogP contribution >= 0.6 is 11.3 Å². The summed E-state index contributed by atoms with van der Waals surface area (Å²) in [5.74, 6) is 5.60. The van der Waals surface area contributed by atoms with Gasteiger partial charge in [-0.15, -0.1) is 11.3 Å². The van der Waals surface area contributed by atoms with Crippen LogP contribution in [0.25, 0.3) is 10.2 Å². The minimum absolute atomic E-state index is 0.0763. The number of aromatic nitrogens is 2. The van der Waals surface area contributed by atoms with Crippen molar-refractivity contribution in [3.8, 4) is 0 Å². The molecule has 0 amide bonds. The Kier molecular flexibility index (Phi) is 1.59. The average Bonchev–Trinajstić information content (AvgIpc) is 2.73. The zero-order chi connectivity index (χ0) is 10.6. The SMILES string of the molecule is Nc1nc2sc3c(c2c(=O)n1N)CCC3. The van der Waals surface area contributed by atoms with Crippen LogP contribution in [0.5, 0.6) is 0 Å². The molecule has 4 N–H and O–H groups in total. The maximum absolute atomic E-state index is 11.9. The van der Waals surface area contributed by atoms with Crippen molar-refractivity contribution in [1.82, 2.24) is 9.66 Å². The number of thiophene rings is 1. The van der Waals surface area contributed by atoms with E-state index >= 15 is 0 Å². The van der Waals surface area contributed by atoms with Crippen LogP contribution in [0.3, 0.4) is 0 Å². The van der Waals surface area contributed by atoms with Gasteiger partial charge in [-0.05, 0) is 24.8 Å². The molecule has 0 radical (unpaired) electrons. The van der Waals surface area contributed by atoms with Crippen LogP contribution in [0.15, 0.2) is 4.79 Å². The Balaban J connectivity index is 2.52. The lowest BCUT2D eigenvalue weighted by atomic mass is 10.2. The fourth-order valence-corrected chi connectivity index (χ4v) is 3.33. The second-order valence-corrected chi connectivity index (χ2v) is 4.77. The van der Waals surface area contributed by atoms with Gasteiger partial charge in [0.25, 0.3) is 5.56 Å². The Hall–Kier alpha value is -1.56. The molecule has 0 aliphatic heterocycles. The lowest BCUT2D eigenvalue weighted by Crippen LogP contribution is -2.30. The molecule has 0 bridgehead atoms. The van der Waals surface area contributed by atoms with Crippen molar-refractivity contribution in [2.45, 2.75) is 19.3 Å². The molecular weight excluding hydrogens is 212 g/mol. The molecule has 0 atom stereocenters. The van der Waals surface area contributed by atoms with Crippen LogP contribution in [0.4, 0.5) is 5.95 Å². The Bertz CT molecular complexity index is 613. The summed E-state index contributed by atoms with van der Waals surface area (Å²) in [5.41, 5.74) is 6.45. The van der Waals surface area contributed by atoms with Gasteiger partial charge in [-0.1, -0.05) is 0 Å². The zero-order valence-electron chi connectivity index (χ0n) is 7.99. The van der Waals surface area contributed by atoms with Gasteiger partial charge in [0.15, 0.2) is 0 Å². The maximum atomic E-state index is 11.9. The predicted molar refractivity (Wildman–Crippen MR) is 60.5 cm³/mol. The number of hydrogen-bond donors (Lipinski definition) is 2. The molecule has 0 aromatic carbocycles. The summed E-state index contributed by atoms with van der Waals surface area (Å²) in [4.78, 5) is 18.0. The van der Waals surface area contributed by atoms with Gasteiger partial charge >= 0.3 is 0 Å². The van der Waals surface area contributed by atoms with Crippen molar-refractivity contribution in [3.05, 3.63) is 20.8 Å². The van der Waals surface area contributed by atoms with Gasteiger partial charge in [-0.2, -0.15) is 4.68 Å². The number of nitrogens with zero attached hydrogens (tertiary/aromatic N) is 2. The van der Waals surface area contributed by atoms with Gasteiger partial charge in [-0.25, -0.2) is 4.98 Å². The summed E-state index contributed by atoms with van der Waals surface area (Å²) < 4.78 is 0.924. The van der Waals surface area contributed by atoms with Crippen LogP contribution in [-0.4, -0.2) is 9.66 Å². The number of aryl methyl sites for hydroxylation is 2. The molecule has 6 heteroatoms. The molecule has 1 aliphatic carbocycles. The van der Waals surface area contributed by atoms with Gasteiger partial charge in [0.1, 0.15) is 4.83 Å². The second kappa shape index (κ2) is 2.73. The number of anilines is 1.